The molecule has 0 aliphatic carbocycles. The van der Waals surface area contributed by atoms with Crippen LogP contribution in [0.1, 0.15) is 37.4 Å². The van der Waals surface area contributed by atoms with E-state index in [0.29, 0.717) is 13.1 Å². The Labute approximate surface area is 125 Å². The van der Waals surface area contributed by atoms with Gasteiger partial charge in [-0.15, -0.1) is 0 Å². The summed E-state index contributed by atoms with van der Waals surface area (Å²) in [5, 5.41) is 12.4. The molecule has 0 aromatic heterocycles. The number of nitrogens with one attached hydrogen (secondary N) is 1. The zero-order chi connectivity index (χ0) is 15.4. The third-order valence-electron chi connectivity index (χ3n) is 3.98. The second-order valence-electron chi connectivity index (χ2n) is 5.39. The number of fused-ring (bicyclic) bond motifs is 1. The van der Waals surface area contributed by atoms with Gasteiger partial charge in [-0.05, 0) is 30.9 Å². The lowest BCUT2D eigenvalue weighted by Crippen LogP contribution is -2.51. The Hall–Kier alpha value is -1.88. The maximum Gasteiger partial charge on any atom is 0.325 e. The first-order valence-electron chi connectivity index (χ1n) is 7.40. The number of amides is 1. The van der Waals surface area contributed by atoms with Gasteiger partial charge in [0.1, 0.15) is 6.04 Å². The van der Waals surface area contributed by atoms with Crippen molar-refractivity contribution in [1.82, 2.24) is 10.2 Å². The number of aliphatic carboxylic acids is 1. The van der Waals surface area contributed by atoms with Crippen molar-refractivity contribution in [2.75, 3.05) is 13.1 Å². The zero-order valence-electron chi connectivity index (χ0n) is 12.5. The summed E-state index contributed by atoms with van der Waals surface area (Å²) in [4.78, 5) is 25.6. The van der Waals surface area contributed by atoms with Crippen LogP contribution in [0.25, 0.3) is 0 Å². The minimum absolute atomic E-state index is 0.109. The zero-order valence-corrected chi connectivity index (χ0v) is 12.5. The monoisotopic (exact) mass is 290 g/mol. The molecule has 0 saturated carbocycles. The summed E-state index contributed by atoms with van der Waals surface area (Å²) in [6, 6.07) is 6.37. The molecule has 0 spiro atoms. The van der Waals surface area contributed by atoms with E-state index in [1.54, 1.807) is 11.8 Å². The van der Waals surface area contributed by atoms with Crippen molar-refractivity contribution in [2.24, 2.45) is 0 Å². The molecule has 2 unspecified atom stereocenters. The van der Waals surface area contributed by atoms with Crippen molar-refractivity contribution in [2.45, 2.75) is 38.8 Å². The minimum atomic E-state index is -0.905. The van der Waals surface area contributed by atoms with E-state index in [4.69, 9.17) is 0 Å². The summed E-state index contributed by atoms with van der Waals surface area (Å²) in [6.07, 6.45) is 1.63. The SMILES string of the molecule is CCCNC(=O)C(C)N1CCc2ccccc2C1C(=O)O. The Kier molecular flexibility index (Phi) is 4.96. The van der Waals surface area contributed by atoms with Crippen LogP contribution in [0.4, 0.5) is 0 Å². The largest absolute Gasteiger partial charge is 0.480 e. The quantitative estimate of drug-likeness (QED) is 0.864. The molecule has 2 atom stereocenters. The second-order valence-corrected chi connectivity index (χ2v) is 5.39. The Morgan fingerprint density at radius 2 is 2.14 bits per heavy atom. The van der Waals surface area contributed by atoms with Crippen LogP contribution < -0.4 is 5.32 Å². The van der Waals surface area contributed by atoms with E-state index in [2.05, 4.69) is 5.32 Å². The molecule has 0 saturated heterocycles. The average Bonchev–Trinajstić information content (AvgIpc) is 2.50. The van der Waals surface area contributed by atoms with Crippen LogP contribution in [0.15, 0.2) is 24.3 Å². The van der Waals surface area contributed by atoms with Crippen LogP contribution in [0.2, 0.25) is 0 Å². The lowest BCUT2D eigenvalue weighted by Gasteiger charge is -2.38. The molecule has 2 N–H and O–H groups in total. The molecule has 114 valence electrons. The van der Waals surface area contributed by atoms with Gasteiger partial charge in [-0.1, -0.05) is 31.2 Å². The van der Waals surface area contributed by atoms with E-state index < -0.39 is 18.1 Å². The Balaban J connectivity index is 2.24. The molecule has 5 nitrogen and oxygen atoms in total. The number of hydrogen-bond acceptors (Lipinski definition) is 3. The predicted octanol–water partition coefficient (Wildman–Crippen LogP) is 1.59. The molecule has 1 aliphatic heterocycles. The maximum atomic E-state index is 12.1. The number of carbonyl (C=O) groups is 2. The molecule has 1 aromatic rings. The summed E-state index contributed by atoms with van der Waals surface area (Å²) in [5.74, 6) is -1.01. The second kappa shape index (κ2) is 6.72. The molecule has 1 heterocycles. The number of carbonyl (C=O) groups excluding carboxylic acids is 1. The van der Waals surface area contributed by atoms with Crippen molar-refractivity contribution < 1.29 is 14.7 Å². The van der Waals surface area contributed by atoms with E-state index in [0.717, 1.165) is 24.0 Å². The van der Waals surface area contributed by atoms with Gasteiger partial charge < -0.3 is 10.4 Å². The van der Waals surface area contributed by atoms with Gasteiger partial charge in [-0.2, -0.15) is 0 Å². The number of nitrogens with zero attached hydrogens (tertiary/aromatic N) is 1. The molecule has 21 heavy (non-hydrogen) atoms. The average molecular weight is 290 g/mol. The molecule has 1 aliphatic rings. The van der Waals surface area contributed by atoms with Crippen LogP contribution in [-0.4, -0.2) is 41.0 Å². The highest BCUT2D eigenvalue weighted by molar-refractivity contribution is 5.83. The fourth-order valence-electron chi connectivity index (χ4n) is 2.82. The summed E-state index contributed by atoms with van der Waals surface area (Å²) in [7, 11) is 0. The molecular formula is C16H22N2O3. The van der Waals surface area contributed by atoms with E-state index >= 15 is 0 Å². The summed E-state index contributed by atoms with van der Waals surface area (Å²) >= 11 is 0. The van der Waals surface area contributed by atoms with Crippen molar-refractivity contribution in [1.29, 1.82) is 0 Å². The smallest absolute Gasteiger partial charge is 0.325 e. The number of carboxylic acid groups (broad SMARTS) is 1. The third kappa shape index (κ3) is 3.24. The first-order chi connectivity index (χ1) is 10.1. The van der Waals surface area contributed by atoms with Crippen molar-refractivity contribution >= 4 is 11.9 Å². The molecule has 1 aromatic carbocycles. The molecule has 1 amide bonds. The van der Waals surface area contributed by atoms with Gasteiger partial charge in [-0.3, -0.25) is 14.5 Å². The number of carboxylic acids is 1. The summed E-state index contributed by atoms with van der Waals surface area (Å²) in [6.45, 7) is 4.96. The fraction of sp³-hybridized carbons (Fsp3) is 0.500. The van der Waals surface area contributed by atoms with E-state index in [1.807, 2.05) is 31.2 Å². The predicted molar refractivity (Wildman–Crippen MR) is 80.0 cm³/mol. The molecular weight excluding hydrogens is 268 g/mol. The van der Waals surface area contributed by atoms with Crippen LogP contribution in [0.3, 0.4) is 0 Å². The van der Waals surface area contributed by atoms with Crippen LogP contribution in [0.5, 0.6) is 0 Å². The first-order valence-corrected chi connectivity index (χ1v) is 7.40. The molecule has 0 bridgehead atoms. The normalized spacial score (nSPS) is 19.6. The third-order valence-corrected chi connectivity index (χ3v) is 3.98. The molecule has 5 heteroatoms. The maximum absolute atomic E-state index is 12.1. The Morgan fingerprint density at radius 1 is 1.43 bits per heavy atom. The first kappa shape index (κ1) is 15.5. The topological polar surface area (TPSA) is 69.6 Å². The van der Waals surface area contributed by atoms with Crippen molar-refractivity contribution in [3.63, 3.8) is 0 Å². The van der Waals surface area contributed by atoms with Crippen molar-refractivity contribution in [3.05, 3.63) is 35.4 Å². The molecule has 2 rings (SSSR count). The Bertz CT molecular complexity index is 530. The molecule has 0 fully saturated rings. The van der Waals surface area contributed by atoms with Crippen LogP contribution >= 0.6 is 0 Å². The summed E-state index contributed by atoms with van der Waals surface area (Å²) < 4.78 is 0. The fourth-order valence-corrected chi connectivity index (χ4v) is 2.82. The number of rotatable bonds is 5. The highest BCUT2D eigenvalue weighted by Crippen LogP contribution is 2.31. The molecule has 0 radical (unpaired) electrons. The highest BCUT2D eigenvalue weighted by Gasteiger charge is 2.37. The minimum Gasteiger partial charge on any atom is -0.480 e. The van der Waals surface area contributed by atoms with Gasteiger partial charge in [-0.25, -0.2) is 0 Å². The standard InChI is InChI=1S/C16H22N2O3/c1-3-9-17-15(19)11(2)18-10-8-12-6-4-5-7-13(12)14(18)16(20)21/h4-7,11,14H,3,8-10H2,1-2H3,(H,17,19)(H,20,21). The lowest BCUT2D eigenvalue weighted by atomic mass is 9.91. The number of hydrogen-bond donors (Lipinski definition) is 2. The van der Waals surface area contributed by atoms with Crippen molar-refractivity contribution in [3.8, 4) is 0 Å². The van der Waals surface area contributed by atoms with Gasteiger partial charge in [0.15, 0.2) is 0 Å². The Morgan fingerprint density at radius 3 is 2.81 bits per heavy atom. The van der Waals surface area contributed by atoms with Gasteiger partial charge in [0.05, 0.1) is 6.04 Å². The summed E-state index contributed by atoms with van der Waals surface area (Å²) in [5.41, 5.74) is 1.86. The highest BCUT2D eigenvalue weighted by atomic mass is 16.4. The van der Waals surface area contributed by atoms with Gasteiger partial charge >= 0.3 is 5.97 Å². The van der Waals surface area contributed by atoms with Gasteiger partial charge in [0.25, 0.3) is 0 Å². The van der Waals surface area contributed by atoms with E-state index in [9.17, 15) is 14.7 Å². The van der Waals surface area contributed by atoms with Gasteiger partial charge in [0, 0.05) is 13.1 Å². The lowest BCUT2D eigenvalue weighted by molar-refractivity contribution is -0.146. The van der Waals surface area contributed by atoms with Gasteiger partial charge in [0.2, 0.25) is 5.91 Å². The van der Waals surface area contributed by atoms with Crippen LogP contribution in [-0.2, 0) is 16.0 Å². The van der Waals surface area contributed by atoms with E-state index in [-0.39, 0.29) is 5.91 Å². The van der Waals surface area contributed by atoms with Crippen LogP contribution in [0, 0.1) is 0 Å². The number of benzene rings is 1. The van der Waals surface area contributed by atoms with E-state index in [1.165, 1.54) is 0 Å².